The summed E-state index contributed by atoms with van der Waals surface area (Å²) in [5.41, 5.74) is 9.86. The van der Waals surface area contributed by atoms with Crippen LogP contribution in [-0.4, -0.2) is 28.8 Å². The number of thiophene rings is 1. The maximum atomic E-state index is 13.4. The quantitative estimate of drug-likeness (QED) is 0.370. The van der Waals surface area contributed by atoms with Gasteiger partial charge in [-0.1, -0.05) is 0 Å². The summed E-state index contributed by atoms with van der Waals surface area (Å²) in [5, 5.41) is 7.13. The van der Waals surface area contributed by atoms with Crippen LogP contribution in [-0.2, 0) is 19.3 Å². The van der Waals surface area contributed by atoms with E-state index in [-0.39, 0.29) is 29.0 Å². The number of guanidine groups is 1. The Labute approximate surface area is 167 Å². The summed E-state index contributed by atoms with van der Waals surface area (Å²) in [6.45, 7) is 0.530. The number of aromatic amines is 1. The fourth-order valence-electron chi connectivity index (χ4n) is 2.72. The van der Waals surface area contributed by atoms with Crippen LogP contribution >= 0.6 is 11.3 Å². The van der Waals surface area contributed by atoms with E-state index in [4.69, 9.17) is 21.6 Å². The molecule has 0 atom stereocenters. The molecule has 11 heteroatoms. The molecule has 154 valence electrons. The number of alkyl halides is 3. The van der Waals surface area contributed by atoms with Crippen molar-refractivity contribution in [2.75, 3.05) is 7.05 Å². The van der Waals surface area contributed by atoms with Crippen LogP contribution in [0.1, 0.15) is 25.8 Å². The lowest BCUT2D eigenvalue weighted by atomic mass is 10.1. The third kappa shape index (κ3) is 4.20. The van der Waals surface area contributed by atoms with Crippen LogP contribution in [0, 0.1) is 5.41 Å². The summed E-state index contributed by atoms with van der Waals surface area (Å²) < 4.78 is 46.0. The first-order valence-electron chi connectivity index (χ1n) is 8.37. The number of carbonyl (C=O) groups is 1. The number of fused-ring (bicyclic) bond motifs is 1. The maximum absolute atomic E-state index is 13.4. The van der Waals surface area contributed by atoms with Crippen LogP contribution in [0.3, 0.4) is 0 Å². The van der Waals surface area contributed by atoms with E-state index in [0.29, 0.717) is 6.54 Å². The number of carbonyl (C=O) groups excluding carboxylic acids is 1. The number of halogens is 3. The molecular formula is C18H18F3N5O2S. The summed E-state index contributed by atoms with van der Waals surface area (Å²) in [6, 6.07) is 6.90. The molecule has 0 bridgehead atoms. The van der Waals surface area contributed by atoms with Gasteiger partial charge in [-0.05, 0) is 30.3 Å². The number of hydrogen-bond acceptors (Lipinski definition) is 5. The van der Waals surface area contributed by atoms with Gasteiger partial charge in [0.05, 0.1) is 11.1 Å². The fraction of sp³-hybridized carbons (Fsp3) is 0.222. The summed E-state index contributed by atoms with van der Waals surface area (Å²) in [5.74, 6) is -1.10. The zero-order chi connectivity index (χ0) is 21.3. The van der Waals surface area contributed by atoms with Gasteiger partial charge >= 0.3 is 6.18 Å². The van der Waals surface area contributed by atoms with Crippen molar-refractivity contribution in [1.29, 1.82) is 5.41 Å². The first-order chi connectivity index (χ1) is 13.6. The fourth-order valence-corrected chi connectivity index (χ4v) is 3.53. The number of nitrogens with two attached hydrogens (primary N) is 2. The smallest absolute Gasteiger partial charge is 0.417 e. The molecule has 0 unspecified atom stereocenters. The van der Waals surface area contributed by atoms with Gasteiger partial charge in [0.15, 0.2) is 5.96 Å². The number of benzene rings is 1. The first kappa shape index (κ1) is 20.7. The molecule has 0 saturated heterocycles. The van der Waals surface area contributed by atoms with Crippen molar-refractivity contribution in [1.82, 2.24) is 9.88 Å². The minimum atomic E-state index is -4.62. The number of rotatable bonds is 5. The van der Waals surface area contributed by atoms with E-state index in [1.165, 1.54) is 24.5 Å². The van der Waals surface area contributed by atoms with Crippen LogP contribution in [0.5, 0.6) is 5.75 Å². The number of aromatic nitrogens is 1. The Hall–Kier alpha value is -3.05. The number of H-pyrrole nitrogens is 1. The molecule has 0 saturated carbocycles. The number of ether oxygens (including phenoxy) is 1. The van der Waals surface area contributed by atoms with E-state index >= 15 is 0 Å². The molecule has 1 aromatic carbocycles. The van der Waals surface area contributed by atoms with Crippen molar-refractivity contribution in [3.8, 4) is 5.75 Å². The first-order valence-corrected chi connectivity index (χ1v) is 9.19. The lowest BCUT2D eigenvalue weighted by Crippen LogP contribution is -2.38. The van der Waals surface area contributed by atoms with Crippen molar-refractivity contribution in [3.63, 3.8) is 0 Å². The highest BCUT2D eigenvalue weighted by atomic mass is 32.1. The van der Waals surface area contributed by atoms with Crippen molar-refractivity contribution in [2.24, 2.45) is 11.5 Å². The van der Waals surface area contributed by atoms with Crippen molar-refractivity contribution >= 4 is 34.1 Å². The zero-order valence-corrected chi connectivity index (χ0v) is 16.1. The molecule has 0 fully saturated rings. The molecule has 0 spiro atoms. The molecule has 7 nitrogen and oxygen atoms in total. The second-order valence-electron chi connectivity index (χ2n) is 6.19. The van der Waals surface area contributed by atoms with Crippen molar-refractivity contribution in [3.05, 3.63) is 51.3 Å². The summed E-state index contributed by atoms with van der Waals surface area (Å²) in [7, 11) is 1.25. The van der Waals surface area contributed by atoms with Gasteiger partial charge in [-0.15, -0.1) is 11.3 Å². The molecule has 29 heavy (non-hydrogen) atoms. The van der Waals surface area contributed by atoms with Crippen LogP contribution in [0.4, 0.5) is 13.2 Å². The molecule has 1 amide bonds. The molecule has 0 radical (unpaired) electrons. The summed E-state index contributed by atoms with van der Waals surface area (Å²) in [4.78, 5) is 17.7. The van der Waals surface area contributed by atoms with E-state index in [2.05, 4.69) is 4.98 Å². The average Bonchev–Trinajstić information content (AvgIpc) is 3.30. The largest absolute Gasteiger partial charge is 0.486 e. The van der Waals surface area contributed by atoms with Gasteiger partial charge in [-0.3, -0.25) is 15.1 Å². The average molecular weight is 425 g/mol. The predicted molar refractivity (Wildman–Crippen MR) is 104 cm³/mol. The van der Waals surface area contributed by atoms with Crippen LogP contribution < -0.4 is 16.2 Å². The Balaban J connectivity index is 2.01. The van der Waals surface area contributed by atoms with Gasteiger partial charge in [-0.25, -0.2) is 0 Å². The van der Waals surface area contributed by atoms with E-state index in [1.54, 1.807) is 0 Å². The van der Waals surface area contributed by atoms with Crippen molar-refractivity contribution < 1.29 is 22.7 Å². The lowest BCUT2D eigenvalue weighted by molar-refractivity contribution is -0.136. The molecule has 0 aliphatic rings. The Morgan fingerprint density at radius 3 is 2.55 bits per heavy atom. The highest BCUT2D eigenvalue weighted by Gasteiger charge is 2.34. The predicted octanol–water partition coefficient (Wildman–Crippen LogP) is 3.25. The molecule has 2 heterocycles. The molecule has 0 aliphatic carbocycles. The topological polar surface area (TPSA) is 121 Å². The highest BCUT2D eigenvalue weighted by Crippen LogP contribution is 2.39. The Morgan fingerprint density at radius 2 is 1.97 bits per heavy atom. The van der Waals surface area contributed by atoms with E-state index in [1.807, 2.05) is 12.1 Å². The third-order valence-electron chi connectivity index (χ3n) is 4.25. The molecule has 0 aliphatic heterocycles. The van der Waals surface area contributed by atoms with Gasteiger partial charge in [0.25, 0.3) is 5.91 Å². The number of amides is 1. The third-order valence-corrected chi connectivity index (χ3v) is 5.33. The molecular weight excluding hydrogens is 407 g/mol. The van der Waals surface area contributed by atoms with E-state index in [9.17, 15) is 18.0 Å². The zero-order valence-electron chi connectivity index (χ0n) is 15.3. The molecule has 6 N–H and O–H groups in total. The second kappa shape index (κ2) is 7.76. The summed E-state index contributed by atoms with van der Waals surface area (Å²) >= 11 is 1.44. The molecule has 2 aromatic heterocycles. The summed E-state index contributed by atoms with van der Waals surface area (Å²) in [6.07, 6.45) is -4.62. The number of nitrogens with zero attached hydrogens (tertiary/aromatic N) is 1. The van der Waals surface area contributed by atoms with E-state index < -0.39 is 23.6 Å². The Bertz CT molecular complexity index is 1070. The Kier molecular flexibility index (Phi) is 5.53. The Morgan fingerprint density at radius 1 is 1.28 bits per heavy atom. The van der Waals surface area contributed by atoms with Crippen LogP contribution in [0.25, 0.3) is 10.9 Å². The standard InChI is InChI=1S/C18H18F3N5O2S/c1-26(17(23)24)16(27)13-6-11-12(18(19,20)21)4-5-14(15(11)25-13)28-8-10-3-2-9(7-22)29-10/h2-6,25H,7-8,22H2,1H3,(H3,23,24). The SMILES string of the molecule is CN(C(=N)N)C(=O)c1cc2c(C(F)(F)F)ccc(OCc3ccc(CN)s3)c2[nH]1. The minimum Gasteiger partial charge on any atom is -0.486 e. The molecule has 3 aromatic rings. The second-order valence-corrected chi connectivity index (χ2v) is 7.44. The van der Waals surface area contributed by atoms with Gasteiger partial charge in [0.1, 0.15) is 18.1 Å². The molecule has 3 rings (SSSR count). The van der Waals surface area contributed by atoms with Gasteiger partial charge in [0, 0.05) is 28.7 Å². The minimum absolute atomic E-state index is 0.0377. The lowest BCUT2D eigenvalue weighted by Gasteiger charge is -2.12. The van der Waals surface area contributed by atoms with Crippen LogP contribution in [0.15, 0.2) is 30.3 Å². The maximum Gasteiger partial charge on any atom is 0.417 e. The van der Waals surface area contributed by atoms with Crippen molar-refractivity contribution in [2.45, 2.75) is 19.3 Å². The number of hydrogen-bond donors (Lipinski definition) is 4. The normalized spacial score (nSPS) is 11.6. The number of nitrogens with one attached hydrogen (secondary N) is 2. The van der Waals surface area contributed by atoms with Gasteiger partial charge in [-0.2, -0.15) is 13.2 Å². The highest BCUT2D eigenvalue weighted by molar-refractivity contribution is 7.11. The van der Waals surface area contributed by atoms with Gasteiger partial charge in [0.2, 0.25) is 0 Å². The van der Waals surface area contributed by atoms with Gasteiger partial charge < -0.3 is 21.2 Å². The monoisotopic (exact) mass is 425 g/mol. The van der Waals surface area contributed by atoms with E-state index in [0.717, 1.165) is 26.8 Å². The van der Waals surface area contributed by atoms with Crippen LogP contribution in [0.2, 0.25) is 0 Å².